The Balaban J connectivity index is 2.26. The number of pyridine rings is 1. The predicted molar refractivity (Wildman–Crippen MR) is 61.7 cm³/mol. The van der Waals surface area contributed by atoms with Crippen LogP contribution in [0.3, 0.4) is 0 Å². The fraction of sp³-hybridized carbons (Fsp3) is 0. The minimum atomic E-state index is 0.467. The van der Waals surface area contributed by atoms with Crippen molar-refractivity contribution in [1.29, 1.82) is 0 Å². The van der Waals surface area contributed by atoms with Gasteiger partial charge in [-0.15, -0.1) is 0 Å². The molecular formula is C13H8ClN. The van der Waals surface area contributed by atoms with Crippen LogP contribution >= 0.6 is 11.6 Å². The molecule has 0 atom stereocenters. The first-order chi connectivity index (χ1) is 7.34. The maximum atomic E-state index is 5.75. The van der Waals surface area contributed by atoms with Gasteiger partial charge in [-0.25, -0.2) is 4.98 Å². The summed E-state index contributed by atoms with van der Waals surface area (Å²) < 4.78 is 0. The molecule has 0 radical (unpaired) electrons. The standard InChI is InChI=1S/C13H8ClN/c14-13-8-4-7-12(15-13)10-9-11-5-2-1-3-6-11/h1-8H. The summed E-state index contributed by atoms with van der Waals surface area (Å²) in [5.74, 6) is 5.97. The Labute approximate surface area is 93.7 Å². The number of halogens is 1. The smallest absolute Gasteiger partial charge is 0.130 e. The quantitative estimate of drug-likeness (QED) is 0.484. The molecule has 1 aromatic heterocycles. The van der Waals surface area contributed by atoms with Crippen LogP contribution in [0.1, 0.15) is 11.3 Å². The molecule has 0 aliphatic carbocycles. The topological polar surface area (TPSA) is 12.9 Å². The summed E-state index contributed by atoms with van der Waals surface area (Å²) in [6.07, 6.45) is 0. The van der Waals surface area contributed by atoms with Gasteiger partial charge in [0.15, 0.2) is 0 Å². The van der Waals surface area contributed by atoms with Crippen molar-refractivity contribution >= 4 is 11.6 Å². The zero-order chi connectivity index (χ0) is 10.5. The highest BCUT2D eigenvalue weighted by Crippen LogP contribution is 2.04. The second-order valence-electron chi connectivity index (χ2n) is 2.96. The molecule has 2 aromatic rings. The number of nitrogens with zero attached hydrogens (tertiary/aromatic N) is 1. The van der Waals surface area contributed by atoms with Crippen molar-refractivity contribution in [2.45, 2.75) is 0 Å². The third kappa shape index (κ3) is 2.83. The predicted octanol–water partition coefficient (Wildman–Crippen LogP) is 3.13. The van der Waals surface area contributed by atoms with Gasteiger partial charge >= 0.3 is 0 Å². The van der Waals surface area contributed by atoms with Gasteiger partial charge in [-0.2, -0.15) is 0 Å². The van der Waals surface area contributed by atoms with Crippen molar-refractivity contribution in [2.75, 3.05) is 0 Å². The van der Waals surface area contributed by atoms with Crippen LogP contribution in [-0.4, -0.2) is 4.98 Å². The fourth-order valence-corrected chi connectivity index (χ4v) is 1.30. The molecule has 2 rings (SSSR count). The first-order valence-electron chi connectivity index (χ1n) is 4.54. The molecule has 72 valence electrons. The van der Waals surface area contributed by atoms with Gasteiger partial charge in [0.2, 0.25) is 0 Å². The lowest BCUT2D eigenvalue weighted by molar-refractivity contribution is 1.29. The molecular weight excluding hydrogens is 206 g/mol. The van der Waals surface area contributed by atoms with Gasteiger partial charge in [-0.1, -0.05) is 41.8 Å². The van der Waals surface area contributed by atoms with Crippen LogP contribution in [0.2, 0.25) is 5.15 Å². The highest BCUT2D eigenvalue weighted by molar-refractivity contribution is 6.29. The van der Waals surface area contributed by atoms with E-state index in [4.69, 9.17) is 11.6 Å². The number of hydrogen-bond donors (Lipinski definition) is 0. The van der Waals surface area contributed by atoms with Crippen LogP contribution < -0.4 is 0 Å². The molecule has 0 saturated heterocycles. The first-order valence-corrected chi connectivity index (χ1v) is 4.92. The molecule has 0 saturated carbocycles. The summed E-state index contributed by atoms with van der Waals surface area (Å²) in [5, 5.41) is 0.467. The Morgan fingerprint density at radius 3 is 2.40 bits per heavy atom. The van der Waals surface area contributed by atoms with Crippen molar-refractivity contribution in [1.82, 2.24) is 4.98 Å². The first kappa shape index (κ1) is 9.76. The van der Waals surface area contributed by atoms with E-state index < -0.39 is 0 Å². The molecule has 1 heterocycles. The van der Waals surface area contributed by atoms with E-state index in [0.29, 0.717) is 10.8 Å². The highest BCUT2D eigenvalue weighted by atomic mass is 35.5. The Hall–Kier alpha value is -1.78. The molecule has 0 aliphatic rings. The Bertz CT molecular complexity index is 509. The van der Waals surface area contributed by atoms with E-state index >= 15 is 0 Å². The van der Waals surface area contributed by atoms with Gasteiger partial charge < -0.3 is 0 Å². The van der Waals surface area contributed by atoms with E-state index in [-0.39, 0.29) is 0 Å². The summed E-state index contributed by atoms with van der Waals surface area (Å²) in [5.41, 5.74) is 1.66. The molecule has 15 heavy (non-hydrogen) atoms. The van der Waals surface area contributed by atoms with Crippen LogP contribution in [0.4, 0.5) is 0 Å². The molecule has 0 N–H and O–H groups in total. The summed E-state index contributed by atoms with van der Waals surface area (Å²) in [6.45, 7) is 0. The van der Waals surface area contributed by atoms with Gasteiger partial charge in [0.05, 0.1) is 0 Å². The molecule has 0 aliphatic heterocycles. The largest absolute Gasteiger partial charge is 0.228 e. The van der Waals surface area contributed by atoms with E-state index in [1.165, 1.54) is 0 Å². The van der Waals surface area contributed by atoms with Crippen molar-refractivity contribution in [2.24, 2.45) is 0 Å². The summed E-state index contributed by atoms with van der Waals surface area (Å²) in [6, 6.07) is 15.2. The van der Waals surface area contributed by atoms with Crippen LogP contribution in [0, 0.1) is 11.8 Å². The van der Waals surface area contributed by atoms with Crippen molar-refractivity contribution < 1.29 is 0 Å². The Morgan fingerprint density at radius 1 is 0.867 bits per heavy atom. The average Bonchev–Trinajstić information content (AvgIpc) is 2.28. The molecule has 2 heteroatoms. The van der Waals surface area contributed by atoms with Gasteiger partial charge in [-0.05, 0) is 30.2 Å². The van der Waals surface area contributed by atoms with Crippen LogP contribution in [-0.2, 0) is 0 Å². The number of rotatable bonds is 0. The van der Waals surface area contributed by atoms with E-state index in [2.05, 4.69) is 16.8 Å². The summed E-state index contributed by atoms with van der Waals surface area (Å²) in [7, 11) is 0. The molecule has 1 nitrogen and oxygen atoms in total. The highest BCUT2D eigenvalue weighted by Gasteiger charge is 1.89. The van der Waals surface area contributed by atoms with Gasteiger partial charge in [0, 0.05) is 5.56 Å². The molecule has 0 bridgehead atoms. The van der Waals surface area contributed by atoms with Gasteiger partial charge in [-0.3, -0.25) is 0 Å². The third-order valence-corrected chi connectivity index (χ3v) is 2.03. The molecule has 0 unspecified atom stereocenters. The second-order valence-corrected chi connectivity index (χ2v) is 3.35. The molecule has 0 spiro atoms. The maximum absolute atomic E-state index is 5.75. The lowest BCUT2D eigenvalue weighted by atomic mass is 10.2. The van der Waals surface area contributed by atoms with E-state index in [0.717, 1.165) is 5.56 Å². The zero-order valence-electron chi connectivity index (χ0n) is 7.94. The number of hydrogen-bond acceptors (Lipinski definition) is 1. The lowest BCUT2D eigenvalue weighted by Gasteiger charge is -1.90. The molecule has 1 aromatic carbocycles. The Kier molecular flexibility index (Phi) is 3.02. The van der Waals surface area contributed by atoms with Crippen LogP contribution in [0.15, 0.2) is 48.5 Å². The van der Waals surface area contributed by atoms with Crippen LogP contribution in [0.5, 0.6) is 0 Å². The van der Waals surface area contributed by atoms with Gasteiger partial charge in [0.1, 0.15) is 10.8 Å². The number of aromatic nitrogens is 1. The van der Waals surface area contributed by atoms with Crippen molar-refractivity contribution in [3.63, 3.8) is 0 Å². The lowest BCUT2D eigenvalue weighted by Crippen LogP contribution is -1.81. The van der Waals surface area contributed by atoms with E-state index in [9.17, 15) is 0 Å². The third-order valence-electron chi connectivity index (χ3n) is 1.82. The number of benzene rings is 1. The fourth-order valence-electron chi connectivity index (χ4n) is 1.14. The minimum Gasteiger partial charge on any atom is -0.228 e. The van der Waals surface area contributed by atoms with Crippen LogP contribution in [0.25, 0.3) is 0 Å². The summed E-state index contributed by atoms with van der Waals surface area (Å²) >= 11 is 5.75. The monoisotopic (exact) mass is 213 g/mol. The second kappa shape index (κ2) is 4.63. The Morgan fingerprint density at radius 2 is 1.67 bits per heavy atom. The normalized spacial score (nSPS) is 9.13. The van der Waals surface area contributed by atoms with E-state index in [1.807, 2.05) is 42.5 Å². The minimum absolute atomic E-state index is 0.467. The van der Waals surface area contributed by atoms with Crippen molar-refractivity contribution in [3.05, 3.63) is 64.9 Å². The average molecular weight is 214 g/mol. The SMILES string of the molecule is Clc1cccc(C#Cc2ccccc2)n1. The van der Waals surface area contributed by atoms with E-state index in [1.54, 1.807) is 6.07 Å². The molecule has 0 fully saturated rings. The van der Waals surface area contributed by atoms with Gasteiger partial charge in [0.25, 0.3) is 0 Å². The van der Waals surface area contributed by atoms with Crippen molar-refractivity contribution in [3.8, 4) is 11.8 Å². The summed E-state index contributed by atoms with van der Waals surface area (Å²) in [4.78, 5) is 4.08. The zero-order valence-corrected chi connectivity index (χ0v) is 8.70. The molecule has 0 amide bonds. The maximum Gasteiger partial charge on any atom is 0.130 e.